The van der Waals surface area contributed by atoms with Crippen LogP contribution >= 0.6 is 11.6 Å². The molecule has 3 rings (SSSR count). The summed E-state index contributed by atoms with van der Waals surface area (Å²) in [7, 11) is 1.63. The van der Waals surface area contributed by atoms with Crippen molar-refractivity contribution in [2.45, 2.75) is 6.42 Å². The Labute approximate surface area is 115 Å². The molecule has 3 aromatic rings. The molecule has 19 heavy (non-hydrogen) atoms. The van der Waals surface area contributed by atoms with Crippen LogP contribution in [0.1, 0.15) is 11.4 Å². The standard InChI is InChI=1S/C14H12ClN3O/c1-19-12-3-2-8-18-14(12)16-13(17-18)9-10-4-6-11(15)7-5-10/h2-8H,9H2,1H3. The van der Waals surface area contributed by atoms with Crippen LogP contribution in [0.25, 0.3) is 5.65 Å². The number of aromatic nitrogens is 3. The number of rotatable bonds is 3. The number of fused-ring (bicyclic) bond motifs is 1. The van der Waals surface area contributed by atoms with Crippen molar-refractivity contribution < 1.29 is 4.74 Å². The molecule has 0 atom stereocenters. The van der Waals surface area contributed by atoms with E-state index in [1.807, 2.05) is 42.6 Å². The highest BCUT2D eigenvalue weighted by Crippen LogP contribution is 2.18. The molecule has 1 aromatic carbocycles. The molecular formula is C14H12ClN3O. The fourth-order valence-corrected chi connectivity index (χ4v) is 2.07. The maximum absolute atomic E-state index is 5.87. The Balaban J connectivity index is 1.95. The van der Waals surface area contributed by atoms with Crippen molar-refractivity contribution in [3.05, 3.63) is 59.0 Å². The quantitative estimate of drug-likeness (QED) is 0.736. The lowest BCUT2D eigenvalue weighted by Crippen LogP contribution is -1.92. The minimum atomic E-state index is 0.669. The van der Waals surface area contributed by atoms with Gasteiger partial charge in [-0.2, -0.15) is 5.10 Å². The normalized spacial score (nSPS) is 10.8. The van der Waals surface area contributed by atoms with E-state index in [0.717, 1.165) is 27.8 Å². The Bertz CT molecular complexity index is 706. The summed E-state index contributed by atoms with van der Waals surface area (Å²) in [5.74, 6) is 1.48. The van der Waals surface area contributed by atoms with Gasteiger partial charge in [0, 0.05) is 17.6 Å². The zero-order chi connectivity index (χ0) is 13.2. The van der Waals surface area contributed by atoms with Crippen LogP contribution in [-0.2, 0) is 6.42 Å². The molecule has 0 spiro atoms. The molecule has 96 valence electrons. The van der Waals surface area contributed by atoms with Gasteiger partial charge in [0.1, 0.15) is 0 Å². The first-order valence-corrected chi connectivity index (χ1v) is 6.27. The maximum Gasteiger partial charge on any atom is 0.198 e. The molecule has 0 amide bonds. The van der Waals surface area contributed by atoms with E-state index in [1.165, 1.54) is 0 Å². The van der Waals surface area contributed by atoms with Crippen LogP contribution in [0.4, 0.5) is 0 Å². The smallest absolute Gasteiger partial charge is 0.198 e. The lowest BCUT2D eigenvalue weighted by atomic mass is 10.1. The number of ether oxygens (including phenoxy) is 1. The maximum atomic E-state index is 5.87. The van der Waals surface area contributed by atoms with Crippen molar-refractivity contribution in [1.29, 1.82) is 0 Å². The Morgan fingerprint density at radius 2 is 2.00 bits per heavy atom. The van der Waals surface area contributed by atoms with E-state index in [4.69, 9.17) is 16.3 Å². The molecule has 0 aliphatic rings. The van der Waals surface area contributed by atoms with E-state index in [0.29, 0.717) is 6.42 Å². The second-order valence-electron chi connectivity index (χ2n) is 4.18. The van der Waals surface area contributed by atoms with E-state index in [9.17, 15) is 0 Å². The Morgan fingerprint density at radius 3 is 2.74 bits per heavy atom. The molecule has 2 aromatic heterocycles. The molecule has 0 N–H and O–H groups in total. The second-order valence-corrected chi connectivity index (χ2v) is 4.61. The van der Waals surface area contributed by atoms with Gasteiger partial charge < -0.3 is 4.74 Å². The molecule has 0 aliphatic heterocycles. The third kappa shape index (κ3) is 2.39. The number of halogens is 1. The summed E-state index contributed by atoms with van der Waals surface area (Å²) in [4.78, 5) is 4.50. The summed E-state index contributed by atoms with van der Waals surface area (Å²) in [6, 6.07) is 11.4. The number of hydrogen-bond acceptors (Lipinski definition) is 3. The first kappa shape index (κ1) is 12.0. The predicted octanol–water partition coefficient (Wildman–Crippen LogP) is 2.98. The van der Waals surface area contributed by atoms with Gasteiger partial charge in [0.2, 0.25) is 0 Å². The molecule has 0 aliphatic carbocycles. The highest BCUT2D eigenvalue weighted by Gasteiger charge is 2.08. The van der Waals surface area contributed by atoms with Gasteiger partial charge in [0.25, 0.3) is 0 Å². The van der Waals surface area contributed by atoms with Gasteiger partial charge in [-0.15, -0.1) is 0 Å². The van der Waals surface area contributed by atoms with Crippen LogP contribution in [0.3, 0.4) is 0 Å². The van der Waals surface area contributed by atoms with Crippen molar-refractivity contribution in [1.82, 2.24) is 14.6 Å². The molecule has 2 heterocycles. The van der Waals surface area contributed by atoms with Crippen LogP contribution in [-0.4, -0.2) is 21.7 Å². The average Bonchev–Trinajstić information content (AvgIpc) is 2.83. The van der Waals surface area contributed by atoms with Gasteiger partial charge in [-0.3, -0.25) is 0 Å². The Kier molecular flexibility index (Phi) is 3.09. The van der Waals surface area contributed by atoms with Crippen molar-refractivity contribution in [3.63, 3.8) is 0 Å². The third-order valence-electron chi connectivity index (χ3n) is 2.87. The number of methoxy groups -OCH3 is 1. The fourth-order valence-electron chi connectivity index (χ4n) is 1.95. The summed E-state index contributed by atoms with van der Waals surface area (Å²) in [5.41, 5.74) is 1.85. The minimum absolute atomic E-state index is 0.669. The molecule has 4 nitrogen and oxygen atoms in total. The van der Waals surface area contributed by atoms with Crippen LogP contribution in [0.2, 0.25) is 5.02 Å². The van der Waals surface area contributed by atoms with Gasteiger partial charge in [-0.25, -0.2) is 9.50 Å². The van der Waals surface area contributed by atoms with Crippen LogP contribution in [0.15, 0.2) is 42.6 Å². The topological polar surface area (TPSA) is 39.4 Å². The van der Waals surface area contributed by atoms with Crippen molar-refractivity contribution >= 4 is 17.2 Å². The van der Waals surface area contributed by atoms with E-state index >= 15 is 0 Å². The van der Waals surface area contributed by atoms with E-state index < -0.39 is 0 Å². The first-order chi connectivity index (χ1) is 9.26. The van der Waals surface area contributed by atoms with Crippen LogP contribution in [0.5, 0.6) is 5.75 Å². The van der Waals surface area contributed by atoms with Crippen molar-refractivity contribution in [2.24, 2.45) is 0 Å². The third-order valence-corrected chi connectivity index (χ3v) is 3.12. The largest absolute Gasteiger partial charge is 0.493 e. The molecule has 0 saturated heterocycles. The molecular weight excluding hydrogens is 262 g/mol. The highest BCUT2D eigenvalue weighted by atomic mass is 35.5. The monoisotopic (exact) mass is 273 g/mol. The summed E-state index contributed by atoms with van der Waals surface area (Å²) in [5, 5.41) is 5.16. The average molecular weight is 274 g/mol. The van der Waals surface area contributed by atoms with Crippen LogP contribution in [0, 0.1) is 0 Å². The van der Waals surface area contributed by atoms with Gasteiger partial charge in [0.15, 0.2) is 17.2 Å². The zero-order valence-electron chi connectivity index (χ0n) is 10.4. The minimum Gasteiger partial charge on any atom is -0.493 e. The summed E-state index contributed by atoms with van der Waals surface area (Å²) in [6.45, 7) is 0. The second kappa shape index (κ2) is 4.90. The molecule has 5 heteroatoms. The SMILES string of the molecule is COc1cccn2nc(Cc3ccc(Cl)cc3)nc12. The summed E-state index contributed by atoms with van der Waals surface area (Å²) >= 11 is 5.87. The van der Waals surface area contributed by atoms with Gasteiger partial charge in [0.05, 0.1) is 7.11 Å². The molecule has 0 fully saturated rings. The van der Waals surface area contributed by atoms with Gasteiger partial charge in [-0.1, -0.05) is 23.7 Å². The molecule has 0 radical (unpaired) electrons. The molecule has 0 saturated carbocycles. The van der Waals surface area contributed by atoms with Crippen molar-refractivity contribution in [2.75, 3.05) is 7.11 Å². The van der Waals surface area contributed by atoms with Gasteiger partial charge in [-0.05, 0) is 29.8 Å². The van der Waals surface area contributed by atoms with Crippen LogP contribution < -0.4 is 4.74 Å². The van der Waals surface area contributed by atoms with E-state index in [-0.39, 0.29) is 0 Å². The number of pyridine rings is 1. The lowest BCUT2D eigenvalue weighted by Gasteiger charge is -1.98. The first-order valence-electron chi connectivity index (χ1n) is 5.89. The lowest BCUT2D eigenvalue weighted by molar-refractivity contribution is 0.416. The fraction of sp³-hybridized carbons (Fsp3) is 0.143. The number of nitrogens with zero attached hydrogens (tertiary/aromatic N) is 3. The molecule has 0 bridgehead atoms. The van der Waals surface area contributed by atoms with Gasteiger partial charge >= 0.3 is 0 Å². The highest BCUT2D eigenvalue weighted by molar-refractivity contribution is 6.30. The van der Waals surface area contributed by atoms with E-state index in [2.05, 4.69) is 10.1 Å². The molecule has 0 unspecified atom stereocenters. The summed E-state index contributed by atoms with van der Waals surface area (Å²) < 4.78 is 6.99. The number of hydrogen-bond donors (Lipinski definition) is 0. The van der Waals surface area contributed by atoms with Crippen molar-refractivity contribution in [3.8, 4) is 5.75 Å². The number of benzene rings is 1. The predicted molar refractivity (Wildman–Crippen MR) is 73.8 cm³/mol. The Hall–Kier alpha value is -2.07. The zero-order valence-corrected chi connectivity index (χ0v) is 11.1. The van der Waals surface area contributed by atoms with E-state index in [1.54, 1.807) is 11.6 Å². The Morgan fingerprint density at radius 1 is 1.21 bits per heavy atom. The summed E-state index contributed by atoms with van der Waals surface area (Å²) in [6.07, 6.45) is 2.53.